The van der Waals surface area contributed by atoms with Gasteiger partial charge in [0.2, 0.25) is 9.84 Å². The Hall–Kier alpha value is -8.56. The van der Waals surface area contributed by atoms with Crippen LogP contribution in [0.4, 0.5) is 9.59 Å². The van der Waals surface area contributed by atoms with E-state index in [0.29, 0.717) is 22.3 Å². The van der Waals surface area contributed by atoms with Crippen molar-refractivity contribution in [2.24, 2.45) is 10.8 Å². The molecule has 20 nitrogen and oxygen atoms in total. The second-order valence-corrected chi connectivity index (χ2v) is 18.0. The van der Waals surface area contributed by atoms with Gasteiger partial charge in [0.25, 0.3) is 0 Å². The van der Waals surface area contributed by atoms with Crippen molar-refractivity contribution in [2.45, 2.75) is 35.7 Å². The van der Waals surface area contributed by atoms with E-state index in [1.807, 2.05) is 0 Å². The second kappa shape index (κ2) is 29.7. The summed E-state index contributed by atoms with van der Waals surface area (Å²) in [6, 6.07) is 14.7. The predicted octanol–water partition coefficient (Wildman–Crippen LogP) is 5.83. The van der Waals surface area contributed by atoms with Crippen molar-refractivity contribution in [1.29, 1.82) is 0 Å². The molecule has 3 aromatic carbocycles. The lowest BCUT2D eigenvalue weighted by atomic mass is 9.90. The molecule has 0 aromatic heterocycles. The summed E-state index contributed by atoms with van der Waals surface area (Å²) in [5, 5.41) is 15.4. The Balaban J connectivity index is 1.76. The van der Waals surface area contributed by atoms with Gasteiger partial charge in [0.1, 0.15) is 51.1 Å². The van der Waals surface area contributed by atoms with Crippen molar-refractivity contribution >= 4 is 51.9 Å². The maximum atomic E-state index is 13.6. The fraction of sp³-hybridized carbons (Fsp3) is 0.264. The monoisotopic (exact) mass is 1040 g/mol. The first kappa shape index (κ1) is 59.7. The zero-order valence-electron chi connectivity index (χ0n) is 40.5. The zero-order valence-corrected chi connectivity index (χ0v) is 41.4. The summed E-state index contributed by atoms with van der Waals surface area (Å²) in [6.07, 6.45) is 5.94. The Labute approximate surface area is 428 Å². The van der Waals surface area contributed by atoms with Crippen LogP contribution in [0.2, 0.25) is 0 Å². The van der Waals surface area contributed by atoms with E-state index in [9.17, 15) is 47.1 Å². The van der Waals surface area contributed by atoms with Gasteiger partial charge in [-0.05, 0) is 65.9 Å². The minimum atomic E-state index is -4.04. The zero-order chi connectivity index (χ0) is 54.7. The van der Waals surface area contributed by atoms with Crippen LogP contribution < -0.4 is 15.4 Å². The van der Waals surface area contributed by atoms with E-state index >= 15 is 0 Å². The summed E-state index contributed by atoms with van der Waals surface area (Å²) in [7, 11) is -4.04. The van der Waals surface area contributed by atoms with Gasteiger partial charge in [-0.2, -0.15) is 0 Å². The van der Waals surface area contributed by atoms with E-state index in [4.69, 9.17) is 37.9 Å². The number of esters is 5. The molecule has 0 radical (unpaired) electrons. The Morgan fingerprint density at radius 3 is 1.32 bits per heavy atom. The van der Waals surface area contributed by atoms with Gasteiger partial charge in [-0.3, -0.25) is 0 Å². The van der Waals surface area contributed by atoms with Crippen molar-refractivity contribution in [1.82, 2.24) is 10.6 Å². The van der Waals surface area contributed by atoms with Gasteiger partial charge in [0.05, 0.1) is 33.8 Å². The Morgan fingerprint density at radius 1 is 0.500 bits per heavy atom. The van der Waals surface area contributed by atoms with Crippen molar-refractivity contribution in [3.63, 3.8) is 0 Å². The minimum Gasteiger partial charge on any atom is -0.508 e. The van der Waals surface area contributed by atoms with Crippen LogP contribution >= 0.6 is 0 Å². The average molecular weight is 1040 g/mol. The summed E-state index contributed by atoms with van der Waals surface area (Å²) in [5.74, 6) is -4.43. The van der Waals surface area contributed by atoms with Crippen LogP contribution in [0.15, 0.2) is 159 Å². The molecule has 0 heterocycles. The number of hydrogen-bond donors (Lipinski definition) is 3. The third-order valence-electron chi connectivity index (χ3n) is 10.3. The highest BCUT2D eigenvalue weighted by molar-refractivity contribution is 7.91. The molecule has 0 aliphatic heterocycles. The van der Waals surface area contributed by atoms with E-state index < -0.39 is 116 Å². The van der Waals surface area contributed by atoms with Gasteiger partial charge in [-0.25, -0.2) is 42.0 Å². The van der Waals surface area contributed by atoms with Crippen LogP contribution in [-0.4, -0.2) is 108 Å². The van der Waals surface area contributed by atoms with Crippen LogP contribution in [0.5, 0.6) is 11.5 Å². The van der Waals surface area contributed by atoms with Gasteiger partial charge in [0.15, 0.2) is 0 Å². The molecule has 0 aliphatic carbocycles. The van der Waals surface area contributed by atoms with E-state index in [2.05, 4.69) is 56.7 Å². The predicted molar refractivity (Wildman–Crippen MR) is 267 cm³/mol. The Morgan fingerprint density at radius 2 is 0.892 bits per heavy atom. The highest BCUT2D eigenvalue weighted by Gasteiger charge is 2.40. The Kier molecular flexibility index (Phi) is 24.0. The SMILES string of the molecule is C=CCc1cc(S(=O)(=O)c2ccc(OC(=O)NCc3cccc(CNC(=O)OCC(COCC(COC(=O)C=C)(COC(=O)C=C)COC(=O)C=C)(COC(=O)C=C)COC(=O)C=C)c3)c(CC=C)c2)ccc1O. The first-order valence-corrected chi connectivity index (χ1v) is 23.7. The van der Waals surface area contributed by atoms with E-state index in [-0.39, 0.29) is 47.2 Å². The molecule has 74 heavy (non-hydrogen) atoms. The number of nitrogens with one attached hydrogen (secondary N) is 2. The summed E-state index contributed by atoms with van der Waals surface area (Å²) in [6.45, 7) is 19.5. The molecular weight excluding hydrogens is 985 g/mol. The lowest BCUT2D eigenvalue weighted by Crippen LogP contribution is -2.47. The largest absolute Gasteiger partial charge is 0.508 e. The molecule has 0 unspecified atom stereocenters. The summed E-state index contributed by atoms with van der Waals surface area (Å²) >= 11 is 0. The number of phenols is 1. The fourth-order valence-corrected chi connectivity index (χ4v) is 7.69. The number of rotatable bonds is 32. The van der Waals surface area contributed by atoms with Gasteiger partial charge in [-0.1, -0.05) is 69.3 Å². The molecule has 0 bridgehead atoms. The highest BCUT2D eigenvalue weighted by Crippen LogP contribution is 2.31. The molecular formula is C53H58N2O18S. The Bertz CT molecular complexity index is 2630. The number of carbonyl (C=O) groups is 7. The number of benzene rings is 3. The third kappa shape index (κ3) is 19.2. The number of sulfone groups is 1. The quantitative estimate of drug-likeness (QED) is 0.0287. The molecule has 394 valence electrons. The number of ether oxygens (including phenoxy) is 8. The standard InChI is InChI=1S/C53H58N2O18S/c1-8-16-39-25-41(20-22-43(39)56)74(64,65)42-21-23-44(40(26-42)17-9-2)73-51(63)55-28-38-19-15-18-37(24-38)27-54-50(62)72-36-53(34-70-48(60)13-6,35-71-49(61)14-7)30-66-29-52(31-67-45(57)10-3,32-68-46(58)11-4)33-69-47(59)12-5/h8-15,18-26,56H,1-7,16-17,27-36H2,(H,54,62)(H,55,63). The summed E-state index contributed by atoms with van der Waals surface area (Å²) in [4.78, 5) is 87.1. The van der Waals surface area contributed by atoms with E-state index in [0.717, 1.165) is 30.4 Å². The number of alkyl carbamates (subject to hydrolysis) is 1. The van der Waals surface area contributed by atoms with Crippen LogP contribution in [0.3, 0.4) is 0 Å². The van der Waals surface area contributed by atoms with Gasteiger partial charge in [0, 0.05) is 49.0 Å². The highest BCUT2D eigenvalue weighted by atomic mass is 32.2. The molecule has 0 saturated carbocycles. The number of phenolic OH excluding ortho intramolecular Hbond substituents is 1. The lowest BCUT2D eigenvalue weighted by molar-refractivity contribution is -0.166. The molecule has 3 rings (SSSR count). The van der Waals surface area contributed by atoms with Crippen molar-refractivity contribution in [3.8, 4) is 11.5 Å². The number of aromatic hydroxyl groups is 1. The molecule has 0 saturated heterocycles. The molecule has 3 aromatic rings. The molecule has 2 amide bonds. The number of amides is 2. The normalized spacial score (nSPS) is 11.0. The molecule has 21 heteroatoms. The van der Waals surface area contributed by atoms with Gasteiger partial charge >= 0.3 is 42.0 Å². The number of carbonyl (C=O) groups excluding carboxylic acids is 7. The van der Waals surface area contributed by atoms with Crippen molar-refractivity contribution < 1.29 is 85.0 Å². The fourth-order valence-electron chi connectivity index (χ4n) is 6.33. The lowest BCUT2D eigenvalue weighted by Gasteiger charge is -2.35. The van der Waals surface area contributed by atoms with Crippen LogP contribution in [-0.2, 0) is 92.9 Å². The first-order chi connectivity index (χ1) is 35.3. The average Bonchev–Trinajstić information content (AvgIpc) is 3.40. The molecule has 0 fully saturated rings. The van der Waals surface area contributed by atoms with E-state index in [1.54, 1.807) is 24.3 Å². The van der Waals surface area contributed by atoms with Crippen LogP contribution in [0, 0.1) is 10.8 Å². The minimum absolute atomic E-state index is 0.0327. The maximum absolute atomic E-state index is 13.6. The second-order valence-electron chi connectivity index (χ2n) is 16.1. The van der Waals surface area contributed by atoms with Crippen LogP contribution in [0.1, 0.15) is 22.3 Å². The first-order valence-electron chi connectivity index (χ1n) is 22.2. The molecule has 0 aliphatic rings. The summed E-state index contributed by atoms with van der Waals surface area (Å²) < 4.78 is 70.6. The molecule has 0 spiro atoms. The smallest absolute Gasteiger partial charge is 0.412 e. The maximum Gasteiger partial charge on any atom is 0.412 e. The topological polar surface area (TPSA) is 272 Å². The van der Waals surface area contributed by atoms with Crippen LogP contribution in [0.25, 0.3) is 0 Å². The molecule has 3 N–H and O–H groups in total. The number of hydrogen-bond acceptors (Lipinski definition) is 18. The van der Waals surface area contributed by atoms with Crippen molar-refractivity contribution in [3.05, 3.63) is 172 Å². The summed E-state index contributed by atoms with van der Waals surface area (Å²) in [5.41, 5.74) is -1.37. The molecule has 0 atom stereocenters. The van der Waals surface area contributed by atoms with Gasteiger partial charge < -0.3 is 53.6 Å². The van der Waals surface area contributed by atoms with E-state index in [1.165, 1.54) is 48.6 Å². The third-order valence-corrected chi connectivity index (χ3v) is 12.0. The van der Waals surface area contributed by atoms with Crippen molar-refractivity contribution in [2.75, 3.05) is 52.9 Å². The number of allylic oxidation sites excluding steroid dienone is 2. The van der Waals surface area contributed by atoms with Gasteiger partial charge in [-0.15, -0.1) is 13.2 Å².